The van der Waals surface area contributed by atoms with Gasteiger partial charge in [0.15, 0.2) is 0 Å². The molecule has 1 fully saturated rings. The number of furan rings is 1. The van der Waals surface area contributed by atoms with Crippen molar-refractivity contribution in [1.82, 2.24) is 4.90 Å². The molecule has 1 aliphatic carbocycles. The summed E-state index contributed by atoms with van der Waals surface area (Å²) in [5, 5.41) is 9.54. The SMILES string of the molecule is NCC(O)CN(Cc1ccco1)C1CC1. The highest BCUT2D eigenvalue weighted by Gasteiger charge is 2.30. The van der Waals surface area contributed by atoms with Crippen LogP contribution in [0.5, 0.6) is 0 Å². The van der Waals surface area contributed by atoms with Crippen LogP contribution in [0.2, 0.25) is 0 Å². The molecule has 4 nitrogen and oxygen atoms in total. The minimum atomic E-state index is -0.430. The summed E-state index contributed by atoms with van der Waals surface area (Å²) in [6.45, 7) is 1.73. The number of hydrogen-bond donors (Lipinski definition) is 2. The van der Waals surface area contributed by atoms with Gasteiger partial charge in [-0.15, -0.1) is 0 Å². The number of aliphatic hydroxyl groups excluding tert-OH is 1. The van der Waals surface area contributed by atoms with E-state index in [-0.39, 0.29) is 0 Å². The molecule has 1 aromatic rings. The van der Waals surface area contributed by atoms with Gasteiger partial charge in [-0.3, -0.25) is 4.90 Å². The van der Waals surface area contributed by atoms with E-state index in [0.29, 0.717) is 19.1 Å². The third kappa shape index (κ3) is 3.06. The predicted octanol–water partition coefficient (Wildman–Crippen LogP) is 0.564. The van der Waals surface area contributed by atoms with Crippen LogP contribution >= 0.6 is 0 Å². The Balaban J connectivity index is 1.88. The fraction of sp³-hybridized carbons (Fsp3) is 0.636. The standard InChI is InChI=1S/C11H18N2O2/c12-6-10(14)7-13(9-3-4-9)8-11-2-1-5-15-11/h1-2,5,9-10,14H,3-4,6-8,12H2. The van der Waals surface area contributed by atoms with Crippen LogP contribution in [-0.2, 0) is 6.54 Å². The molecular weight excluding hydrogens is 192 g/mol. The molecule has 1 aliphatic rings. The molecule has 1 atom stereocenters. The van der Waals surface area contributed by atoms with E-state index in [1.165, 1.54) is 12.8 Å². The highest BCUT2D eigenvalue weighted by molar-refractivity contribution is 5.00. The summed E-state index contributed by atoms with van der Waals surface area (Å²) in [7, 11) is 0. The van der Waals surface area contributed by atoms with E-state index in [1.54, 1.807) is 6.26 Å². The minimum Gasteiger partial charge on any atom is -0.468 e. The topological polar surface area (TPSA) is 62.6 Å². The zero-order chi connectivity index (χ0) is 10.7. The van der Waals surface area contributed by atoms with Gasteiger partial charge in [0.2, 0.25) is 0 Å². The Labute approximate surface area is 89.7 Å². The summed E-state index contributed by atoms with van der Waals surface area (Å²) < 4.78 is 5.30. The predicted molar refractivity (Wildman–Crippen MR) is 57.2 cm³/mol. The van der Waals surface area contributed by atoms with E-state index in [1.807, 2.05) is 12.1 Å². The van der Waals surface area contributed by atoms with Crippen LogP contribution < -0.4 is 5.73 Å². The molecule has 0 saturated heterocycles. The first kappa shape index (κ1) is 10.7. The van der Waals surface area contributed by atoms with Gasteiger partial charge in [0.1, 0.15) is 5.76 Å². The Hall–Kier alpha value is -0.840. The normalized spacial score (nSPS) is 18.3. The third-order valence-corrected chi connectivity index (χ3v) is 2.72. The largest absolute Gasteiger partial charge is 0.468 e. The molecule has 1 aromatic heterocycles. The van der Waals surface area contributed by atoms with Gasteiger partial charge in [-0.05, 0) is 25.0 Å². The van der Waals surface area contributed by atoms with E-state index in [2.05, 4.69) is 4.90 Å². The molecular formula is C11H18N2O2. The molecule has 0 aromatic carbocycles. The van der Waals surface area contributed by atoms with Gasteiger partial charge in [0.05, 0.1) is 18.9 Å². The molecule has 0 aliphatic heterocycles. The van der Waals surface area contributed by atoms with Crippen LogP contribution in [0.3, 0.4) is 0 Å². The lowest BCUT2D eigenvalue weighted by Gasteiger charge is -2.23. The minimum absolute atomic E-state index is 0.321. The van der Waals surface area contributed by atoms with Crippen LogP contribution in [-0.4, -0.2) is 35.2 Å². The molecule has 4 heteroatoms. The average Bonchev–Trinajstić information content (AvgIpc) is 2.97. The van der Waals surface area contributed by atoms with Gasteiger partial charge in [-0.1, -0.05) is 0 Å². The van der Waals surface area contributed by atoms with Crippen molar-refractivity contribution in [2.24, 2.45) is 5.73 Å². The Morgan fingerprint density at radius 2 is 2.40 bits per heavy atom. The first-order chi connectivity index (χ1) is 7.29. The smallest absolute Gasteiger partial charge is 0.117 e. The highest BCUT2D eigenvalue weighted by atomic mass is 16.3. The highest BCUT2D eigenvalue weighted by Crippen LogP contribution is 2.28. The Morgan fingerprint density at radius 1 is 1.60 bits per heavy atom. The zero-order valence-electron chi connectivity index (χ0n) is 8.80. The van der Waals surface area contributed by atoms with Crippen molar-refractivity contribution >= 4 is 0 Å². The summed E-state index contributed by atoms with van der Waals surface area (Å²) in [5.74, 6) is 0.950. The van der Waals surface area contributed by atoms with E-state index < -0.39 is 6.10 Å². The fourth-order valence-corrected chi connectivity index (χ4v) is 1.73. The van der Waals surface area contributed by atoms with Crippen molar-refractivity contribution in [3.05, 3.63) is 24.2 Å². The van der Waals surface area contributed by atoms with Crippen LogP contribution in [0.15, 0.2) is 22.8 Å². The first-order valence-electron chi connectivity index (χ1n) is 5.44. The number of nitrogens with two attached hydrogens (primary N) is 1. The van der Waals surface area contributed by atoms with Crippen molar-refractivity contribution in [2.45, 2.75) is 31.5 Å². The van der Waals surface area contributed by atoms with Crippen LogP contribution in [0.4, 0.5) is 0 Å². The number of aliphatic hydroxyl groups is 1. The maximum Gasteiger partial charge on any atom is 0.117 e. The third-order valence-electron chi connectivity index (χ3n) is 2.72. The molecule has 1 saturated carbocycles. The van der Waals surface area contributed by atoms with Crippen molar-refractivity contribution in [1.29, 1.82) is 0 Å². The second-order valence-corrected chi connectivity index (χ2v) is 4.13. The second-order valence-electron chi connectivity index (χ2n) is 4.13. The number of rotatable bonds is 6. The molecule has 0 radical (unpaired) electrons. The van der Waals surface area contributed by atoms with Crippen LogP contribution in [0.25, 0.3) is 0 Å². The molecule has 84 valence electrons. The van der Waals surface area contributed by atoms with Gasteiger partial charge < -0.3 is 15.3 Å². The maximum absolute atomic E-state index is 9.54. The summed E-state index contributed by atoms with van der Waals surface area (Å²) in [6, 6.07) is 4.46. The van der Waals surface area contributed by atoms with Crippen molar-refractivity contribution in [2.75, 3.05) is 13.1 Å². The van der Waals surface area contributed by atoms with Gasteiger partial charge in [0, 0.05) is 19.1 Å². The fourth-order valence-electron chi connectivity index (χ4n) is 1.73. The molecule has 1 heterocycles. The van der Waals surface area contributed by atoms with E-state index in [0.717, 1.165) is 12.3 Å². The summed E-state index contributed by atoms with van der Waals surface area (Å²) in [5.41, 5.74) is 5.41. The molecule has 0 bridgehead atoms. The quantitative estimate of drug-likeness (QED) is 0.720. The first-order valence-corrected chi connectivity index (χ1v) is 5.44. The summed E-state index contributed by atoms with van der Waals surface area (Å²) in [4.78, 5) is 2.25. The van der Waals surface area contributed by atoms with Crippen molar-refractivity contribution < 1.29 is 9.52 Å². The lowest BCUT2D eigenvalue weighted by molar-refractivity contribution is 0.105. The molecule has 0 spiro atoms. The lowest BCUT2D eigenvalue weighted by Crippen LogP contribution is -2.37. The molecule has 3 N–H and O–H groups in total. The average molecular weight is 210 g/mol. The molecule has 1 unspecified atom stereocenters. The van der Waals surface area contributed by atoms with Crippen molar-refractivity contribution in [3.63, 3.8) is 0 Å². The van der Waals surface area contributed by atoms with E-state index in [9.17, 15) is 5.11 Å². The number of hydrogen-bond acceptors (Lipinski definition) is 4. The van der Waals surface area contributed by atoms with Crippen molar-refractivity contribution in [3.8, 4) is 0 Å². The summed E-state index contributed by atoms with van der Waals surface area (Å²) in [6.07, 6.45) is 3.69. The molecule has 0 amide bonds. The van der Waals surface area contributed by atoms with Gasteiger partial charge in [-0.2, -0.15) is 0 Å². The Bertz CT molecular complexity index is 283. The van der Waals surface area contributed by atoms with E-state index in [4.69, 9.17) is 10.2 Å². The van der Waals surface area contributed by atoms with Crippen LogP contribution in [0, 0.1) is 0 Å². The van der Waals surface area contributed by atoms with Gasteiger partial charge >= 0.3 is 0 Å². The summed E-state index contributed by atoms with van der Waals surface area (Å²) >= 11 is 0. The maximum atomic E-state index is 9.54. The number of nitrogens with zero attached hydrogens (tertiary/aromatic N) is 1. The monoisotopic (exact) mass is 210 g/mol. The Morgan fingerprint density at radius 3 is 2.93 bits per heavy atom. The second kappa shape index (κ2) is 4.79. The van der Waals surface area contributed by atoms with E-state index >= 15 is 0 Å². The molecule has 15 heavy (non-hydrogen) atoms. The zero-order valence-corrected chi connectivity index (χ0v) is 8.80. The molecule has 2 rings (SSSR count). The van der Waals surface area contributed by atoms with Gasteiger partial charge in [-0.25, -0.2) is 0 Å². The Kier molecular flexibility index (Phi) is 3.41. The lowest BCUT2D eigenvalue weighted by atomic mass is 10.3. The van der Waals surface area contributed by atoms with Crippen LogP contribution in [0.1, 0.15) is 18.6 Å². The van der Waals surface area contributed by atoms with Gasteiger partial charge in [0.25, 0.3) is 0 Å².